The maximum Gasteiger partial charge on any atom is 0.215 e. The second-order valence-corrected chi connectivity index (χ2v) is 10.00. The van der Waals surface area contributed by atoms with Crippen molar-refractivity contribution >= 4 is 21.5 Å². The molecule has 4 N–H and O–H groups in total. The predicted octanol–water partition coefficient (Wildman–Crippen LogP) is 0.703. The number of aromatic amines is 1. The summed E-state index contributed by atoms with van der Waals surface area (Å²) in [7, 11) is -4.22. The van der Waals surface area contributed by atoms with E-state index in [1.807, 2.05) is 27.7 Å². The smallest absolute Gasteiger partial charge is 0.215 e. The molecule has 8 nitrogen and oxygen atoms in total. The minimum Gasteiger partial charge on any atom is -0.384 e. The number of fused-ring (bicyclic) bond motifs is 1. The summed E-state index contributed by atoms with van der Waals surface area (Å²) in [6, 6.07) is 5.25. The minimum atomic E-state index is -4.22. The highest BCUT2D eigenvalue weighted by Gasteiger charge is 2.38. The zero-order valence-corrected chi connectivity index (χ0v) is 18.2. The maximum absolute atomic E-state index is 14.3. The van der Waals surface area contributed by atoms with Crippen molar-refractivity contribution in [3.8, 4) is 0 Å². The van der Waals surface area contributed by atoms with Crippen LogP contribution < -0.4 is 21.8 Å². The molecular weight excluding hydrogens is 409 g/mol. The fourth-order valence-electron chi connectivity index (χ4n) is 3.96. The molecule has 30 heavy (non-hydrogen) atoms. The van der Waals surface area contributed by atoms with Crippen LogP contribution in [0.2, 0.25) is 0 Å². The first-order chi connectivity index (χ1) is 14.0. The number of rotatable bonds is 3. The van der Waals surface area contributed by atoms with Crippen LogP contribution in [0, 0.1) is 5.82 Å². The quantitative estimate of drug-likeness (QED) is 0.654. The summed E-state index contributed by atoms with van der Waals surface area (Å²) >= 11 is 0. The summed E-state index contributed by atoms with van der Waals surface area (Å²) in [4.78, 5) is 8.97. The van der Waals surface area contributed by atoms with Gasteiger partial charge >= 0.3 is 0 Å². The third kappa shape index (κ3) is 3.14. The van der Waals surface area contributed by atoms with Crippen molar-refractivity contribution in [2.75, 3.05) is 18.9 Å². The van der Waals surface area contributed by atoms with Crippen LogP contribution in [-0.2, 0) is 14.6 Å². The van der Waals surface area contributed by atoms with Crippen molar-refractivity contribution in [2.45, 2.75) is 55.3 Å². The average molecular weight is 436 g/mol. The van der Waals surface area contributed by atoms with Gasteiger partial charge in [-0.05, 0) is 39.8 Å². The molecule has 1 fully saturated rings. The maximum atomic E-state index is 14.3. The van der Waals surface area contributed by atoms with E-state index in [9.17, 15) is 12.8 Å². The Kier molecular flexibility index (Phi) is 4.81. The summed E-state index contributed by atoms with van der Waals surface area (Å²) in [6.07, 6.45) is -0.393. The Hall–Kier alpha value is -2.59. The molecule has 0 spiro atoms. The van der Waals surface area contributed by atoms with E-state index in [1.54, 1.807) is 0 Å². The first kappa shape index (κ1) is 20.7. The molecular formula is C20H26FN5O3S. The van der Waals surface area contributed by atoms with Crippen molar-refractivity contribution in [3.63, 3.8) is 0 Å². The molecule has 2 aromatic rings. The molecule has 0 bridgehead atoms. The van der Waals surface area contributed by atoms with Crippen LogP contribution in [0.1, 0.15) is 27.7 Å². The van der Waals surface area contributed by atoms with Gasteiger partial charge in [0, 0.05) is 6.54 Å². The van der Waals surface area contributed by atoms with Gasteiger partial charge < -0.3 is 25.7 Å². The number of hydrogen-bond donors (Lipinski definition) is 3. The Labute approximate surface area is 174 Å². The van der Waals surface area contributed by atoms with Gasteiger partial charge in [0.25, 0.3) is 0 Å². The number of nitrogen functional groups attached to an aromatic ring is 1. The van der Waals surface area contributed by atoms with Crippen molar-refractivity contribution in [2.24, 2.45) is 4.99 Å². The molecule has 162 valence electrons. The van der Waals surface area contributed by atoms with Gasteiger partial charge in [0.2, 0.25) is 9.84 Å². The fourth-order valence-corrected chi connectivity index (χ4v) is 5.51. The van der Waals surface area contributed by atoms with Crippen LogP contribution in [0.4, 0.5) is 10.2 Å². The van der Waals surface area contributed by atoms with Crippen LogP contribution in [0.25, 0.3) is 5.82 Å². The Bertz CT molecular complexity index is 1220. The van der Waals surface area contributed by atoms with Gasteiger partial charge in [-0.25, -0.2) is 12.8 Å². The number of hydrogen-bond acceptors (Lipinski definition) is 7. The average Bonchev–Trinajstić information content (AvgIpc) is 3.00. The van der Waals surface area contributed by atoms with Crippen molar-refractivity contribution in [3.05, 3.63) is 40.8 Å². The lowest BCUT2D eigenvalue weighted by Gasteiger charge is -2.47. The Morgan fingerprint density at radius 3 is 2.70 bits per heavy atom. The first-order valence-electron chi connectivity index (χ1n) is 9.80. The Morgan fingerprint density at radius 1 is 1.30 bits per heavy atom. The van der Waals surface area contributed by atoms with E-state index in [0.717, 1.165) is 6.07 Å². The fraction of sp³-hybridized carbons (Fsp3) is 0.450. The summed E-state index contributed by atoms with van der Waals surface area (Å²) in [5.41, 5.74) is 5.72. The minimum absolute atomic E-state index is 0.00282. The van der Waals surface area contributed by atoms with Gasteiger partial charge in [0.1, 0.15) is 44.1 Å². The van der Waals surface area contributed by atoms with Crippen LogP contribution in [0.3, 0.4) is 0 Å². The van der Waals surface area contributed by atoms with Gasteiger partial charge in [-0.3, -0.25) is 4.99 Å². The third-order valence-corrected chi connectivity index (χ3v) is 7.68. The topological polar surface area (TPSA) is 113 Å². The Morgan fingerprint density at radius 2 is 2.00 bits per heavy atom. The van der Waals surface area contributed by atoms with E-state index in [0.29, 0.717) is 24.3 Å². The molecule has 1 aromatic heterocycles. The molecule has 1 saturated heterocycles. The van der Waals surface area contributed by atoms with Crippen molar-refractivity contribution in [1.29, 1.82) is 0 Å². The molecule has 2 aliphatic rings. The molecule has 4 rings (SSSR count). The van der Waals surface area contributed by atoms with Crippen molar-refractivity contribution < 1.29 is 17.5 Å². The van der Waals surface area contributed by atoms with Crippen LogP contribution in [0.15, 0.2) is 39.0 Å². The monoisotopic (exact) mass is 435 g/mol. The highest BCUT2D eigenvalue weighted by molar-refractivity contribution is 7.91. The number of halogens is 1. The second-order valence-electron chi connectivity index (χ2n) is 8.14. The molecule has 2 unspecified atom stereocenters. The number of sulfone groups is 1. The summed E-state index contributed by atoms with van der Waals surface area (Å²) in [5, 5.41) is 4.01. The molecule has 2 atom stereocenters. The molecule has 3 heterocycles. The van der Waals surface area contributed by atoms with Crippen LogP contribution >= 0.6 is 0 Å². The predicted molar refractivity (Wildman–Crippen MR) is 110 cm³/mol. The highest BCUT2D eigenvalue weighted by Crippen LogP contribution is 2.28. The summed E-state index contributed by atoms with van der Waals surface area (Å²) in [5.74, 6) is -0.194. The van der Waals surface area contributed by atoms with E-state index >= 15 is 0 Å². The van der Waals surface area contributed by atoms with Gasteiger partial charge in [0.05, 0.1) is 18.2 Å². The molecule has 2 aliphatic heterocycles. The second kappa shape index (κ2) is 6.98. The Balaban J connectivity index is 1.97. The summed E-state index contributed by atoms with van der Waals surface area (Å²) in [6.45, 7) is 9.04. The van der Waals surface area contributed by atoms with Gasteiger partial charge in [-0.2, -0.15) is 0 Å². The lowest BCUT2D eigenvalue weighted by Crippen LogP contribution is -2.59. The summed E-state index contributed by atoms with van der Waals surface area (Å²) < 4.78 is 46.8. The van der Waals surface area contributed by atoms with E-state index in [4.69, 9.17) is 10.5 Å². The highest BCUT2D eigenvalue weighted by atomic mass is 32.2. The number of nitrogens with one attached hydrogen (secondary N) is 2. The first-order valence-corrected chi connectivity index (χ1v) is 11.3. The zero-order chi connectivity index (χ0) is 21.8. The molecule has 10 heteroatoms. The van der Waals surface area contributed by atoms with Gasteiger partial charge in [-0.1, -0.05) is 12.1 Å². The normalized spacial score (nSPS) is 23.5. The van der Waals surface area contributed by atoms with E-state index in [-0.39, 0.29) is 22.1 Å². The number of H-pyrrole nitrogens is 1. The number of morpholine rings is 1. The van der Waals surface area contributed by atoms with Crippen LogP contribution in [-0.4, -0.2) is 49.3 Å². The zero-order valence-electron chi connectivity index (χ0n) is 17.4. The SMILES string of the molecule is CC1N=c2c(S(=O)(=O)c3ccccc3F)c(N)[nH]c2=C(N2CCOC(C)(C)C2C)N1. The number of anilines is 1. The van der Waals surface area contributed by atoms with E-state index < -0.39 is 32.3 Å². The lowest BCUT2D eigenvalue weighted by atomic mass is 9.97. The number of nitrogens with zero attached hydrogens (tertiary/aromatic N) is 2. The molecule has 0 amide bonds. The third-order valence-electron chi connectivity index (χ3n) is 5.82. The van der Waals surface area contributed by atoms with Gasteiger partial charge in [-0.15, -0.1) is 0 Å². The molecule has 0 aliphatic carbocycles. The lowest BCUT2D eigenvalue weighted by molar-refractivity contribution is -0.106. The molecule has 1 aromatic carbocycles. The number of benzene rings is 1. The van der Waals surface area contributed by atoms with Crippen LogP contribution in [0.5, 0.6) is 0 Å². The molecule has 0 radical (unpaired) electrons. The van der Waals surface area contributed by atoms with Gasteiger partial charge in [0.15, 0.2) is 0 Å². The van der Waals surface area contributed by atoms with E-state index in [2.05, 4.69) is 20.2 Å². The largest absolute Gasteiger partial charge is 0.384 e. The van der Waals surface area contributed by atoms with E-state index in [1.165, 1.54) is 18.2 Å². The standard InChI is InChI=1S/C20H26FN5O3S/c1-11-20(3,4)29-10-9-26(11)19-16-15(23-12(2)24-19)17(18(22)25-16)30(27,28)14-8-6-5-7-13(14)21/h5-8,11-12,24-25H,9-10,22H2,1-4H3. The number of ether oxygens (including phenoxy) is 1. The number of nitrogens with two attached hydrogens (primary N) is 1. The van der Waals surface area contributed by atoms with Crippen molar-refractivity contribution in [1.82, 2.24) is 15.2 Å². The molecule has 0 saturated carbocycles. The number of aromatic nitrogens is 1.